The van der Waals surface area contributed by atoms with Crippen LogP contribution >= 0.6 is 0 Å². The van der Waals surface area contributed by atoms with Gasteiger partial charge in [-0.15, -0.1) is 0 Å². The Morgan fingerprint density at radius 3 is 2.70 bits per heavy atom. The minimum absolute atomic E-state index is 0.00440. The third-order valence-corrected chi connectivity index (χ3v) is 7.58. The summed E-state index contributed by atoms with van der Waals surface area (Å²) in [5.41, 5.74) is -0.327. The van der Waals surface area contributed by atoms with Crippen LogP contribution < -0.4 is 0 Å². The summed E-state index contributed by atoms with van der Waals surface area (Å²) < 4.78 is 14.9. The lowest BCUT2D eigenvalue weighted by Gasteiger charge is -2.59. The van der Waals surface area contributed by atoms with Crippen LogP contribution in [0.1, 0.15) is 52.4 Å². The number of aliphatic hydroxyl groups is 1. The second-order valence-electron chi connectivity index (χ2n) is 8.63. The molecule has 0 aromatic rings. The number of ketones is 2. The molecule has 0 radical (unpaired) electrons. The number of hydrogen-bond acceptors (Lipinski definition) is 3. The first-order valence-corrected chi connectivity index (χ1v) is 8.88. The van der Waals surface area contributed by atoms with Gasteiger partial charge in [-0.2, -0.15) is 0 Å². The van der Waals surface area contributed by atoms with E-state index in [0.29, 0.717) is 37.7 Å². The fourth-order valence-electron chi connectivity index (χ4n) is 6.47. The first-order chi connectivity index (χ1) is 10.8. The van der Waals surface area contributed by atoms with Crippen molar-refractivity contribution in [3.63, 3.8) is 0 Å². The number of Topliss-reactive ketones (excluding diaryl/α,β-unsaturated/α-hetero) is 1. The zero-order chi connectivity index (χ0) is 16.6. The van der Waals surface area contributed by atoms with Gasteiger partial charge in [-0.1, -0.05) is 13.8 Å². The summed E-state index contributed by atoms with van der Waals surface area (Å²) in [6, 6.07) is 0. The minimum atomic E-state index is -1.12. The van der Waals surface area contributed by atoms with Gasteiger partial charge in [0.25, 0.3) is 0 Å². The van der Waals surface area contributed by atoms with Crippen molar-refractivity contribution in [1.29, 1.82) is 0 Å². The second-order valence-corrected chi connectivity index (χ2v) is 8.63. The van der Waals surface area contributed by atoms with Crippen molar-refractivity contribution in [3.8, 4) is 0 Å². The molecule has 0 amide bonds. The third kappa shape index (κ3) is 1.90. The molecule has 0 saturated heterocycles. The Hall–Kier alpha value is -1.03. The molecule has 0 aliphatic heterocycles. The van der Waals surface area contributed by atoms with Crippen LogP contribution in [0.25, 0.3) is 0 Å². The van der Waals surface area contributed by atoms with Crippen LogP contribution in [-0.4, -0.2) is 28.9 Å². The molecule has 4 rings (SSSR count). The molecular weight excluding hydrogens is 295 g/mol. The van der Waals surface area contributed by atoms with Crippen molar-refractivity contribution in [2.24, 2.45) is 28.6 Å². The van der Waals surface area contributed by atoms with Crippen LogP contribution in [0.5, 0.6) is 0 Å². The fraction of sp³-hybridized carbons (Fsp3) is 0.789. The molecule has 1 N–H and O–H groups in total. The first kappa shape index (κ1) is 15.5. The van der Waals surface area contributed by atoms with Crippen molar-refractivity contribution >= 4 is 11.6 Å². The van der Waals surface area contributed by atoms with Gasteiger partial charge in [0.1, 0.15) is 12.0 Å². The van der Waals surface area contributed by atoms with Crippen LogP contribution in [0, 0.1) is 28.6 Å². The molecule has 0 heterocycles. The molecule has 23 heavy (non-hydrogen) atoms. The van der Waals surface area contributed by atoms with Crippen molar-refractivity contribution in [1.82, 2.24) is 0 Å². The van der Waals surface area contributed by atoms with Crippen molar-refractivity contribution in [2.75, 3.05) is 0 Å². The van der Waals surface area contributed by atoms with Gasteiger partial charge in [-0.3, -0.25) is 9.59 Å². The molecule has 3 nitrogen and oxygen atoms in total. The smallest absolute Gasteiger partial charge is 0.155 e. The Bertz CT molecular complexity index is 612. The van der Waals surface area contributed by atoms with E-state index in [1.807, 2.05) is 13.8 Å². The summed E-state index contributed by atoms with van der Waals surface area (Å²) in [5, 5.41) is 10.9. The largest absolute Gasteiger partial charge is 0.393 e. The average Bonchev–Trinajstić information content (AvgIpc) is 2.76. The Morgan fingerprint density at radius 2 is 1.96 bits per heavy atom. The predicted octanol–water partition coefficient (Wildman–Crippen LogP) is 3.01. The molecule has 2 unspecified atom stereocenters. The van der Waals surface area contributed by atoms with E-state index in [-0.39, 0.29) is 29.3 Å². The van der Waals surface area contributed by atoms with Gasteiger partial charge in [0.15, 0.2) is 5.78 Å². The lowest BCUT2D eigenvalue weighted by Crippen LogP contribution is -2.58. The van der Waals surface area contributed by atoms with Gasteiger partial charge in [0.2, 0.25) is 0 Å². The Labute approximate surface area is 136 Å². The number of allylic oxidation sites excluding steroid dienone is 1. The molecule has 4 aliphatic rings. The molecule has 0 bridgehead atoms. The van der Waals surface area contributed by atoms with Crippen LogP contribution in [0.3, 0.4) is 0 Å². The fourth-order valence-corrected chi connectivity index (χ4v) is 6.47. The average molecular weight is 320 g/mol. The lowest BCUT2D eigenvalue weighted by atomic mass is 9.46. The SMILES string of the molecule is C[C@]12CCC(=O)C=C1C(F)C[C@@H]1[C@H]2C(O)C[C@]2(C)C(=O)CC[C@@H]12. The molecule has 3 saturated carbocycles. The van der Waals surface area contributed by atoms with E-state index in [0.717, 1.165) is 6.42 Å². The topological polar surface area (TPSA) is 54.4 Å². The molecular formula is C19H25FO3. The van der Waals surface area contributed by atoms with Crippen LogP contribution in [0.15, 0.2) is 11.6 Å². The van der Waals surface area contributed by atoms with E-state index in [9.17, 15) is 19.1 Å². The zero-order valence-electron chi connectivity index (χ0n) is 13.8. The summed E-state index contributed by atoms with van der Waals surface area (Å²) >= 11 is 0. The maximum absolute atomic E-state index is 14.9. The van der Waals surface area contributed by atoms with E-state index < -0.39 is 23.1 Å². The van der Waals surface area contributed by atoms with Gasteiger partial charge < -0.3 is 5.11 Å². The van der Waals surface area contributed by atoms with E-state index in [2.05, 4.69) is 0 Å². The van der Waals surface area contributed by atoms with Gasteiger partial charge in [0, 0.05) is 18.3 Å². The highest BCUT2D eigenvalue weighted by Crippen LogP contribution is 2.64. The quantitative estimate of drug-likeness (QED) is 0.746. The summed E-state index contributed by atoms with van der Waals surface area (Å²) in [6.45, 7) is 4.00. The number of aliphatic hydroxyl groups excluding tert-OH is 1. The molecule has 4 heteroatoms. The van der Waals surface area contributed by atoms with Crippen molar-refractivity contribution < 1.29 is 19.1 Å². The highest BCUT2D eigenvalue weighted by atomic mass is 19.1. The van der Waals surface area contributed by atoms with Crippen molar-refractivity contribution in [2.45, 2.75) is 64.6 Å². The third-order valence-electron chi connectivity index (χ3n) is 7.58. The molecule has 0 aromatic heterocycles. The van der Waals surface area contributed by atoms with E-state index in [1.54, 1.807) is 0 Å². The van der Waals surface area contributed by atoms with E-state index >= 15 is 0 Å². The zero-order valence-corrected chi connectivity index (χ0v) is 13.8. The normalized spacial score (nSPS) is 52.5. The molecule has 0 spiro atoms. The molecule has 126 valence electrons. The standard InChI is InChI=1S/C19H25FO3/c1-18-6-5-10(21)7-13(18)14(20)8-11-12-3-4-16(23)19(12,2)9-15(22)17(11)18/h7,11-12,14-15,17,22H,3-6,8-9H2,1-2H3/t11-,12-,14?,15?,17-,18-,19-/m0/s1. The number of fused-ring (bicyclic) bond motifs is 5. The van der Waals surface area contributed by atoms with Crippen LogP contribution in [0.2, 0.25) is 0 Å². The van der Waals surface area contributed by atoms with Gasteiger partial charge in [-0.25, -0.2) is 4.39 Å². The number of carbonyl (C=O) groups excluding carboxylic acids is 2. The monoisotopic (exact) mass is 320 g/mol. The first-order valence-electron chi connectivity index (χ1n) is 8.88. The maximum Gasteiger partial charge on any atom is 0.155 e. The Morgan fingerprint density at radius 1 is 1.22 bits per heavy atom. The summed E-state index contributed by atoms with van der Waals surface area (Å²) in [5.74, 6) is 0.432. The highest BCUT2D eigenvalue weighted by molar-refractivity contribution is 5.92. The summed E-state index contributed by atoms with van der Waals surface area (Å²) in [4.78, 5) is 24.2. The Kier molecular flexibility index (Phi) is 3.20. The van der Waals surface area contributed by atoms with E-state index in [1.165, 1.54) is 6.08 Å². The number of halogens is 1. The number of carbonyl (C=O) groups is 2. The van der Waals surface area contributed by atoms with Gasteiger partial charge in [0.05, 0.1) is 6.10 Å². The van der Waals surface area contributed by atoms with Gasteiger partial charge >= 0.3 is 0 Å². The number of alkyl halides is 1. The number of hydrogen-bond donors (Lipinski definition) is 1. The van der Waals surface area contributed by atoms with Gasteiger partial charge in [-0.05, 0) is 60.5 Å². The van der Waals surface area contributed by atoms with Crippen LogP contribution in [0.4, 0.5) is 4.39 Å². The second kappa shape index (κ2) is 4.75. The molecule has 4 aliphatic carbocycles. The molecule has 3 fully saturated rings. The maximum atomic E-state index is 14.9. The number of rotatable bonds is 0. The lowest BCUT2D eigenvalue weighted by molar-refractivity contribution is -0.150. The summed E-state index contributed by atoms with van der Waals surface area (Å²) in [6.07, 6.45) is 3.08. The Balaban J connectivity index is 1.79. The molecule has 0 aromatic carbocycles. The molecule has 7 atom stereocenters. The van der Waals surface area contributed by atoms with Crippen molar-refractivity contribution in [3.05, 3.63) is 11.6 Å². The predicted molar refractivity (Wildman–Crippen MR) is 83.4 cm³/mol. The summed E-state index contributed by atoms with van der Waals surface area (Å²) in [7, 11) is 0. The van der Waals surface area contributed by atoms with E-state index in [4.69, 9.17) is 0 Å². The van der Waals surface area contributed by atoms with Crippen LogP contribution in [-0.2, 0) is 9.59 Å². The minimum Gasteiger partial charge on any atom is -0.393 e. The highest BCUT2D eigenvalue weighted by Gasteiger charge is 2.63.